The lowest BCUT2D eigenvalue weighted by molar-refractivity contribution is 0.0719. The zero-order valence-corrected chi connectivity index (χ0v) is 16.7. The number of carbonyl (C=O) groups excluding carboxylic acids is 1. The number of hydrogen-bond acceptors (Lipinski definition) is 4. The first-order chi connectivity index (χ1) is 13.4. The average Bonchev–Trinajstić information content (AvgIpc) is 3.42. The van der Waals surface area contributed by atoms with E-state index in [9.17, 15) is 13.2 Å². The SMILES string of the molecule is CN(C)S(=O)(=O)c1c[nH]c(C(=O)N2CCCC2Cn2cnc3ccccc32)c1. The second-order valence-electron chi connectivity index (χ2n) is 7.22. The van der Waals surface area contributed by atoms with Crippen LogP contribution in [-0.2, 0) is 16.6 Å². The highest BCUT2D eigenvalue weighted by molar-refractivity contribution is 7.89. The first-order valence-electron chi connectivity index (χ1n) is 9.20. The lowest BCUT2D eigenvalue weighted by Gasteiger charge is -2.24. The number of para-hydroxylation sites is 2. The zero-order chi connectivity index (χ0) is 19.9. The second kappa shape index (κ2) is 7.06. The molecule has 1 N–H and O–H groups in total. The lowest BCUT2D eigenvalue weighted by atomic mass is 10.2. The van der Waals surface area contributed by atoms with Crippen LogP contribution in [0.4, 0.5) is 0 Å². The van der Waals surface area contributed by atoms with Crippen molar-refractivity contribution in [3.63, 3.8) is 0 Å². The fraction of sp³-hybridized carbons (Fsp3) is 0.368. The highest BCUT2D eigenvalue weighted by Crippen LogP contribution is 2.24. The number of imidazole rings is 1. The normalized spacial score (nSPS) is 17.7. The number of nitrogens with one attached hydrogen (secondary N) is 1. The number of aromatic nitrogens is 3. The molecule has 0 saturated carbocycles. The van der Waals surface area contributed by atoms with Gasteiger partial charge >= 0.3 is 0 Å². The molecular formula is C19H23N5O3S. The molecule has 0 spiro atoms. The van der Waals surface area contributed by atoms with Crippen molar-refractivity contribution in [1.29, 1.82) is 0 Å². The summed E-state index contributed by atoms with van der Waals surface area (Å²) in [5.74, 6) is -0.174. The Kier molecular flexibility index (Phi) is 4.72. The summed E-state index contributed by atoms with van der Waals surface area (Å²) in [7, 11) is -0.637. The summed E-state index contributed by atoms with van der Waals surface area (Å²) < 4.78 is 27.7. The van der Waals surface area contributed by atoms with E-state index in [1.807, 2.05) is 35.5 Å². The van der Waals surface area contributed by atoms with Gasteiger partial charge < -0.3 is 14.5 Å². The Morgan fingerprint density at radius 1 is 1.32 bits per heavy atom. The topological polar surface area (TPSA) is 91.3 Å². The number of sulfonamides is 1. The zero-order valence-electron chi connectivity index (χ0n) is 15.9. The summed E-state index contributed by atoms with van der Waals surface area (Å²) in [4.78, 5) is 22.2. The molecule has 1 atom stereocenters. The van der Waals surface area contributed by atoms with Gasteiger partial charge in [-0.05, 0) is 31.0 Å². The first kappa shape index (κ1) is 18.7. The van der Waals surface area contributed by atoms with Crippen molar-refractivity contribution < 1.29 is 13.2 Å². The van der Waals surface area contributed by atoms with Crippen LogP contribution in [0.2, 0.25) is 0 Å². The molecule has 1 amide bonds. The maximum absolute atomic E-state index is 13.0. The third-order valence-electron chi connectivity index (χ3n) is 5.24. The molecule has 1 aliphatic heterocycles. The molecule has 0 aliphatic carbocycles. The Hall–Kier alpha value is -2.65. The largest absolute Gasteiger partial charge is 0.356 e. The number of nitrogens with zero attached hydrogens (tertiary/aromatic N) is 4. The van der Waals surface area contributed by atoms with Gasteiger partial charge in [-0.2, -0.15) is 0 Å². The molecule has 9 heteroatoms. The van der Waals surface area contributed by atoms with Crippen LogP contribution in [0.25, 0.3) is 11.0 Å². The minimum Gasteiger partial charge on any atom is -0.356 e. The van der Waals surface area contributed by atoms with Crippen LogP contribution in [0.3, 0.4) is 0 Å². The number of H-pyrrole nitrogens is 1. The molecule has 1 unspecified atom stereocenters. The van der Waals surface area contributed by atoms with E-state index in [-0.39, 0.29) is 16.8 Å². The van der Waals surface area contributed by atoms with E-state index in [1.54, 1.807) is 0 Å². The molecule has 4 rings (SSSR count). The van der Waals surface area contributed by atoms with Crippen LogP contribution in [0.15, 0.2) is 47.8 Å². The van der Waals surface area contributed by atoms with Gasteiger partial charge in [0.25, 0.3) is 5.91 Å². The van der Waals surface area contributed by atoms with E-state index in [4.69, 9.17) is 0 Å². The van der Waals surface area contributed by atoms with E-state index in [0.29, 0.717) is 18.8 Å². The maximum atomic E-state index is 13.0. The van der Waals surface area contributed by atoms with Crippen molar-refractivity contribution in [1.82, 2.24) is 23.7 Å². The van der Waals surface area contributed by atoms with Crippen molar-refractivity contribution in [2.75, 3.05) is 20.6 Å². The number of aromatic amines is 1. The molecule has 1 aliphatic rings. The van der Waals surface area contributed by atoms with Gasteiger partial charge in [0.2, 0.25) is 10.0 Å². The van der Waals surface area contributed by atoms with Crippen LogP contribution in [0.1, 0.15) is 23.3 Å². The number of carbonyl (C=O) groups is 1. The standard InChI is InChI=1S/C19H23N5O3S/c1-22(2)28(26,27)15-10-17(20-11-15)19(25)24-9-5-6-14(24)12-23-13-21-16-7-3-4-8-18(16)23/h3-4,7-8,10-11,13-14,20H,5-6,9,12H2,1-2H3. The highest BCUT2D eigenvalue weighted by Gasteiger charge is 2.31. The smallest absolute Gasteiger partial charge is 0.270 e. The predicted octanol–water partition coefficient (Wildman–Crippen LogP) is 1.92. The molecule has 2 aromatic heterocycles. The molecule has 1 saturated heterocycles. The number of amides is 1. The number of likely N-dealkylation sites (tertiary alicyclic amines) is 1. The summed E-state index contributed by atoms with van der Waals surface area (Å²) >= 11 is 0. The van der Waals surface area contributed by atoms with E-state index in [0.717, 1.165) is 28.2 Å². The molecule has 8 nitrogen and oxygen atoms in total. The summed E-state index contributed by atoms with van der Waals surface area (Å²) in [6.07, 6.45) is 5.01. The second-order valence-corrected chi connectivity index (χ2v) is 9.37. The van der Waals surface area contributed by atoms with Gasteiger partial charge in [-0.1, -0.05) is 12.1 Å². The van der Waals surface area contributed by atoms with E-state index >= 15 is 0 Å². The van der Waals surface area contributed by atoms with Gasteiger partial charge in [-0.15, -0.1) is 0 Å². The van der Waals surface area contributed by atoms with Crippen LogP contribution in [0, 0.1) is 0 Å². The van der Waals surface area contributed by atoms with Gasteiger partial charge in [-0.25, -0.2) is 17.7 Å². The molecule has 0 radical (unpaired) electrons. The first-order valence-corrected chi connectivity index (χ1v) is 10.6. The van der Waals surface area contributed by atoms with Crippen LogP contribution in [-0.4, -0.2) is 64.7 Å². The summed E-state index contributed by atoms with van der Waals surface area (Å²) in [5.41, 5.74) is 2.27. The highest BCUT2D eigenvalue weighted by atomic mass is 32.2. The third kappa shape index (κ3) is 3.20. The Balaban J connectivity index is 1.55. The van der Waals surface area contributed by atoms with Gasteiger partial charge in [-0.3, -0.25) is 4.79 Å². The molecule has 3 heterocycles. The maximum Gasteiger partial charge on any atom is 0.270 e. The van der Waals surface area contributed by atoms with Crippen molar-refractivity contribution in [3.8, 4) is 0 Å². The number of fused-ring (bicyclic) bond motifs is 1. The van der Waals surface area contributed by atoms with Crippen molar-refractivity contribution in [2.24, 2.45) is 0 Å². The summed E-state index contributed by atoms with van der Waals surface area (Å²) in [5, 5.41) is 0. The van der Waals surface area contributed by atoms with Crippen molar-refractivity contribution >= 4 is 27.0 Å². The number of hydrogen-bond donors (Lipinski definition) is 1. The summed E-state index contributed by atoms with van der Waals surface area (Å²) in [6, 6.07) is 9.38. The number of benzene rings is 1. The van der Waals surface area contributed by atoms with E-state index in [1.165, 1.54) is 26.4 Å². The summed E-state index contributed by atoms with van der Waals surface area (Å²) in [6.45, 7) is 1.32. The van der Waals surface area contributed by atoms with E-state index < -0.39 is 10.0 Å². The van der Waals surface area contributed by atoms with Gasteiger partial charge in [0.1, 0.15) is 10.6 Å². The monoisotopic (exact) mass is 401 g/mol. The molecule has 3 aromatic rings. The molecule has 148 valence electrons. The van der Waals surface area contributed by atoms with Crippen LogP contribution >= 0.6 is 0 Å². The quantitative estimate of drug-likeness (QED) is 0.707. The predicted molar refractivity (Wildman–Crippen MR) is 105 cm³/mol. The molecule has 28 heavy (non-hydrogen) atoms. The van der Waals surface area contributed by atoms with Crippen LogP contribution in [0.5, 0.6) is 0 Å². The minimum atomic E-state index is -3.57. The fourth-order valence-corrected chi connectivity index (χ4v) is 4.58. The van der Waals surface area contributed by atoms with Gasteiger partial charge in [0, 0.05) is 33.4 Å². The lowest BCUT2D eigenvalue weighted by Crippen LogP contribution is -2.38. The van der Waals surface area contributed by atoms with Gasteiger partial charge in [0.05, 0.1) is 23.4 Å². The number of rotatable bonds is 5. The Bertz CT molecular complexity index is 1120. The van der Waals surface area contributed by atoms with Crippen LogP contribution < -0.4 is 0 Å². The molecule has 0 bridgehead atoms. The third-order valence-corrected chi connectivity index (χ3v) is 7.03. The molecule has 1 fully saturated rings. The Morgan fingerprint density at radius 3 is 2.89 bits per heavy atom. The molecular weight excluding hydrogens is 378 g/mol. The fourth-order valence-electron chi connectivity index (χ4n) is 3.69. The average molecular weight is 401 g/mol. The molecule has 1 aromatic carbocycles. The Labute approximate surface area is 163 Å². The van der Waals surface area contributed by atoms with Gasteiger partial charge in [0.15, 0.2) is 0 Å². The Morgan fingerprint density at radius 2 is 2.11 bits per heavy atom. The van der Waals surface area contributed by atoms with Crippen molar-refractivity contribution in [3.05, 3.63) is 48.5 Å². The van der Waals surface area contributed by atoms with E-state index in [2.05, 4.69) is 14.5 Å². The van der Waals surface area contributed by atoms with Crippen molar-refractivity contribution in [2.45, 2.75) is 30.3 Å². The minimum absolute atomic E-state index is 0.0438.